The highest BCUT2D eigenvalue weighted by atomic mass is 127. The van der Waals surface area contributed by atoms with Gasteiger partial charge in [0, 0.05) is 28.8 Å². The van der Waals surface area contributed by atoms with E-state index in [2.05, 4.69) is 50.3 Å². The monoisotopic (exact) mass is 420 g/mol. The number of benzene rings is 1. The Bertz CT molecular complexity index is 627. The van der Waals surface area contributed by atoms with Crippen molar-refractivity contribution >= 4 is 51.2 Å². The van der Waals surface area contributed by atoms with Gasteiger partial charge < -0.3 is 9.30 Å². The Labute approximate surface area is 143 Å². The number of nitrogens with zero attached hydrogens (tertiary/aromatic N) is 2. The first kappa shape index (κ1) is 16.5. The van der Waals surface area contributed by atoms with Crippen LogP contribution in [0.2, 0.25) is 0 Å². The summed E-state index contributed by atoms with van der Waals surface area (Å²) in [5, 5.41) is 0. The number of imidazole rings is 1. The summed E-state index contributed by atoms with van der Waals surface area (Å²) in [5.74, 6) is 1.37. The molecule has 0 amide bonds. The number of hydrogen-bond donors (Lipinski definition) is 0. The molecule has 1 aromatic carbocycles. The first-order valence-electron chi connectivity index (χ1n) is 7.02. The van der Waals surface area contributed by atoms with Crippen molar-refractivity contribution < 1.29 is 9.53 Å². The number of fused-ring (bicyclic) bond motifs is 1. The lowest BCUT2D eigenvalue weighted by atomic mass is 10.3. The second-order valence-corrected chi connectivity index (χ2v) is 6.28. The minimum absolute atomic E-state index is 0.143. The van der Waals surface area contributed by atoms with Gasteiger partial charge in [0.1, 0.15) is 5.82 Å². The molecule has 0 saturated carbocycles. The van der Waals surface area contributed by atoms with Crippen LogP contribution in [0.15, 0.2) is 18.2 Å². The first-order valence-corrected chi connectivity index (χ1v) is 8.63. The molecule has 2 rings (SSSR count). The van der Waals surface area contributed by atoms with Crippen molar-refractivity contribution in [2.24, 2.45) is 0 Å². The summed E-state index contributed by atoms with van der Waals surface area (Å²) in [6.07, 6.45) is 1.90. The molecule has 0 unspecified atom stereocenters. The molecule has 0 saturated heterocycles. The number of rotatable bonds is 7. The summed E-state index contributed by atoms with van der Waals surface area (Å²) >= 11 is 8.14. The third kappa shape index (κ3) is 4.32. The van der Waals surface area contributed by atoms with Gasteiger partial charge in [0.05, 0.1) is 17.6 Å². The van der Waals surface area contributed by atoms with Gasteiger partial charge in [-0.05, 0) is 54.1 Å². The molecule has 114 valence electrons. The van der Waals surface area contributed by atoms with Crippen LogP contribution in [0.1, 0.15) is 25.6 Å². The summed E-state index contributed by atoms with van der Waals surface area (Å²) in [4.78, 5) is 16.1. The van der Waals surface area contributed by atoms with Gasteiger partial charge in [0.15, 0.2) is 0 Å². The van der Waals surface area contributed by atoms with E-state index in [1.54, 1.807) is 0 Å². The summed E-state index contributed by atoms with van der Waals surface area (Å²) in [7, 11) is 0. The lowest BCUT2D eigenvalue weighted by molar-refractivity contribution is -0.143. The molecule has 0 aliphatic heterocycles. The smallest absolute Gasteiger partial charge is 0.305 e. The van der Waals surface area contributed by atoms with Gasteiger partial charge in [-0.3, -0.25) is 4.79 Å². The molecule has 21 heavy (non-hydrogen) atoms. The summed E-state index contributed by atoms with van der Waals surface area (Å²) in [5.41, 5.74) is 2.08. The normalized spacial score (nSPS) is 11.0. The average Bonchev–Trinajstić information content (AvgIpc) is 2.76. The number of aryl methyl sites for hydroxylation is 2. The van der Waals surface area contributed by atoms with Gasteiger partial charge >= 0.3 is 5.97 Å². The van der Waals surface area contributed by atoms with Gasteiger partial charge in [-0.15, -0.1) is 11.6 Å². The number of ether oxygens (including phenoxy) is 1. The molecule has 0 N–H and O–H groups in total. The summed E-state index contributed by atoms with van der Waals surface area (Å²) in [6.45, 7) is 3.01. The molecule has 4 nitrogen and oxygen atoms in total. The Kier molecular flexibility index (Phi) is 6.29. The quantitative estimate of drug-likeness (QED) is 0.389. The third-order valence-electron chi connectivity index (χ3n) is 3.18. The van der Waals surface area contributed by atoms with Crippen LogP contribution in [0.4, 0.5) is 0 Å². The summed E-state index contributed by atoms with van der Waals surface area (Å²) < 4.78 is 8.28. The molecule has 0 atom stereocenters. The van der Waals surface area contributed by atoms with E-state index >= 15 is 0 Å². The fourth-order valence-corrected chi connectivity index (χ4v) is 2.94. The van der Waals surface area contributed by atoms with E-state index in [1.807, 2.05) is 6.92 Å². The second kappa shape index (κ2) is 7.98. The van der Waals surface area contributed by atoms with Gasteiger partial charge in [0.2, 0.25) is 0 Å². The van der Waals surface area contributed by atoms with E-state index in [-0.39, 0.29) is 5.97 Å². The third-order valence-corrected chi connectivity index (χ3v) is 4.04. The Morgan fingerprint density at radius 3 is 3.00 bits per heavy atom. The molecule has 0 aliphatic carbocycles. The van der Waals surface area contributed by atoms with Crippen LogP contribution < -0.4 is 0 Å². The maximum absolute atomic E-state index is 11.4. The Balaban J connectivity index is 2.16. The Morgan fingerprint density at radius 1 is 1.48 bits per heavy atom. The standard InChI is InChI=1S/C15H18ClIN2O2/c1-2-21-15(20)4-3-9-19-13-6-5-11(17)10-12(13)18-14(19)7-8-16/h5-6,10H,2-4,7-9H2,1H3. The molecule has 6 heteroatoms. The molecule has 0 bridgehead atoms. The van der Waals surface area contributed by atoms with Crippen LogP contribution in [-0.2, 0) is 22.5 Å². The zero-order valence-electron chi connectivity index (χ0n) is 11.9. The van der Waals surface area contributed by atoms with Gasteiger partial charge in [-0.1, -0.05) is 0 Å². The van der Waals surface area contributed by atoms with E-state index in [0.29, 0.717) is 18.9 Å². The van der Waals surface area contributed by atoms with Crippen molar-refractivity contribution in [2.45, 2.75) is 32.7 Å². The highest BCUT2D eigenvalue weighted by Gasteiger charge is 2.11. The van der Waals surface area contributed by atoms with E-state index in [4.69, 9.17) is 16.3 Å². The van der Waals surface area contributed by atoms with Gasteiger partial charge in [0.25, 0.3) is 0 Å². The Hall–Kier alpha value is -0.820. The Morgan fingerprint density at radius 2 is 2.29 bits per heavy atom. The van der Waals surface area contributed by atoms with Crippen molar-refractivity contribution in [3.8, 4) is 0 Å². The number of carbonyl (C=O) groups is 1. The molecule has 2 aromatic rings. The van der Waals surface area contributed by atoms with Crippen molar-refractivity contribution in [3.05, 3.63) is 27.6 Å². The van der Waals surface area contributed by atoms with Crippen molar-refractivity contribution in [2.75, 3.05) is 12.5 Å². The van der Waals surface area contributed by atoms with E-state index in [0.717, 1.165) is 39.8 Å². The molecule has 0 spiro atoms. The average molecular weight is 421 g/mol. The number of halogens is 2. The predicted molar refractivity (Wildman–Crippen MR) is 92.7 cm³/mol. The van der Waals surface area contributed by atoms with Crippen LogP contribution in [0, 0.1) is 3.57 Å². The predicted octanol–water partition coefficient (Wildman–Crippen LogP) is 3.77. The lowest BCUT2D eigenvalue weighted by Gasteiger charge is -2.08. The maximum Gasteiger partial charge on any atom is 0.305 e. The molecular weight excluding hydrogens is 403 g/mol. The number of hydrogen-bond acceptors (Lipinski definition) is 3. The van der Waals surface area contributed by atoms with Crippen molar-refractivity contribution in [1.82, 2.24) is 9.55 Å². The molecule has 1 heterocycles. The minimum atomic E-state index is -0.143. The maximum atomic E-state index is 11.4. The van der Waals surface area contributed by atoms with Crippen LogP contribution >= 0.6 is 34.2 Å². The van der Waals surface area contributed by atoms with Crippen LogP contribution in [0.5, 0.6) is 0 Å². The van der Waals surface area contributed by atoms with Crippen LogP contribution in [0.3, 0.4) is 0 Å². The van der Waals surface area contributed by atoms with E-state index in [1.165, 1.54) is 0 Å². The fourth-order valence-electron chi connectivity index (χ4n) is 2.29. The zero-order valence-corrected chi connectivity index (χ0v) is 14.9. The molecule has 0 radical (unpaired) electrons. The topological polar surface area (TPSA) is 44.1 Å². The van der Waals surface area contributed by atoms with Crippen LogP contribution in [0.25, 0.3) is 11.0 Å². The number of carbonyl (C=O) groups excluding carboxylic acids is 1. The summed E-state index contributed by atoms with van der Waals surface area (Å²) in [6, 6.07) is 6.21. The molecule has 0 aliphatic rings. The van der Waals surface area contributed by atoms with Crippen molar-refractivity contribution in [3.63, 3.8) is 0 Å². The van der Waals surface area contributed by atoms with Gasteiger partial charge in [-0.25, -0.2) is 4.98 Å². The molecule has 0 fully saturated rings. The van der Waals surface area contributed by atoms with Crippen molar-refractivity contribution in [1.29, 1.82) is 0 Å². The SMILES string of the molecule is CCOC(=O)CCCn1c(CCCl)nc2cc(I)ccc21. The van der Waals surface area contributed by atoms with Crippen LogP contribution in [-0.4, -0.2) is 28.0 Å². The lowest BCUT2D eigenvalue weighted by Crippen LogP contribution is -2.09. The highest BCUT2D eigenvalue weighted by Crippen LogP contribution is 2.20. The van der Waals surface area contributed by atoms with Gasteiger partial charge in [-0.2, -0.15) is 0 Å². The minimum Gasteiger partial charge on any atom is -0.466 e. The number of esters is 1. The fraction of sp³-hybridized carbons (Fsp3) is 0.467. The number of aromatic nitrogens is 2. The number of alkyl halides is 1. The molecule has 1 aromatic heterocycles. The largest absolute Gasteiger partial charge is 0.466 e. The second-order valence-electron chi connectivity index (χ2n) is 4.66. The first-order chi connectivity index (χ1) is 10.2. The zero-order chi connectivity index (χ0) is 15.2. The van der Waals surface area contributed by atoms with E-state index in [9.17, 15) is 4.79 Å². The van der Waals surface area contributed by atoms with E-state index < -0.39 is 0 Å². The highest BCUT2D eigenvalue weighted by molar-refractivity contribution is 14.1. The molecular formula is C15H18ClIN2O2.